The summed E-state index contributed by atoms with van der Waals surface area (Å²) in [5, 5.41) is 4.27. The van der Waals surface area contributed by atoms with E-state index in [0.717, 1.165) is 16.3 Å². The molecule has 0 radical (unpaired) electrons. The SMILES string of the molecule is CC(C)C1(c2cc(Br)c(-c3ccc4ccccc4c3)[nH]c2=O)OC(=O)NC1=O. The molecule has 2 N–H and O–H groups in total. The number of hydrogen-bond donors (Lipinski definition) is 2. The Labute approximate surface area is 169 Å². The quantitative estimate of drug-likeness (QED) is 0.642. The third kappa shape index (κ3) is 2.74. The summed E-state index contributed by atoms with van der Waals surface area (Å²) in [4.78, 5) is 39.9. The fourth-order valence-electron chi connectivity index (χ4n) is 3.61. The van der Waals surface area contributed by atoms with Gasteiger partial charge in [0.2, 0.25) is 5.60 Å². The first kappa shape index (κ1) is 18.4. The Morgan fingerprint density at radius 1 is 1.00 bits per heavy atom. The number of pyridine rings is 1. The van der Waals surface area contributed by atoms with Crippen LogP contribution in [0.2, 0.25) is 0 Å². The lowest BCUT2D eigenvalue weighted by atomic mass is 9.83. The fraction of sp³-hybridized carbons (Fsp3) is 0.190. The molecule has 0 spiro atoms. The molecule has 0 saturated carbocycles. The van der Waals surface area contributed by atoms with Crippen LogP contribution in [0, 0.1) is 5.92 Å². The Balaban J connectivity index is 1.88. The maximum absolute atomic E-state index is 12.9. The van der Waals surface area contributed by atoms with Crippen LogP contribution in [0.3, 0.4) is 0 Å². The van der Waals surface area contributed by atoms with Crippen LogP contribution in [0.25, 0.3) is 22.0 Å². The number of nitrogens with one attached hydrogen (secondary N) is 2. The van der Waals surface area contributed by atoms with Crippen molar-refractivity contribution in [1.82, 2.24) is 10.3 Å². The van der Waals surface area contributed by atoms with Gasteiger partial charge in [0.15, 0.2) is 0 Å². The van der Waals surface area contributed by atoms with E-state index in [4.69, 9.17) is 4.74 Å². The number of carbonyl (C=O) groups excluding carboxylic acids is 2. The molecule has 1 unspecified atom stereocenters. The van der Waals surface area contributed by atoms with Gasteiger partial charge in [-0.15, -0.1) is 0 Å². The molecule has 3 aromatic rings. The summed E-state index contributed by atoms with van der Waals surface area (Å²) in [5.74, 6) is -1.07. The number of hydrogen-bond acceptors (Lipinski definition) is 4. The highest BCUT2D eigenvalue weighted by molar-refractivity contribution is 9.10. The van der Waals surface area contributed by atoms with Crippen molar-refractivity contribution in [3.8, 4) is 11.3 Å². The highest BCUT2D eigenvalue weighted by Crippen LogP contribution is 2.38. The van der Waals surface area contributed by atoms with Crippen LogP contribution in [0.4, 0.5) is 4.79 Å². The topological polar surface area (TPSA) is 88.3 Å². The summed E-state index contributed by atoms with van der Waals surface area (Å²) in [6.45, 7) is 3.45. The number of ether oxygens (including phenoxy) is 1. The van der Waals surface area contributed by atoms with E-state index in [0.29, 0.717) is 10.2 Å². The van der Waals surface area contributed by atoms with Crippen molar-refractivity contribution < 1.29 is 14.3 Å². The van der Waals surface area contributed by atoms with Gasteiger partial charge in [-0.3, -0.25) is 14.9 Å². The van der Waals surface area contributed by atoms with Gasteiger partial charge in [-0.2, -0.15) is 0 Å². The summed E-state index contributed by atoms with van der Waals surface area (Å²) in [6, 6.07) is 15.4. The average Bonchev–Trinajstić information content (AvgIpc) is 2.97. The fourth-order valence-corrected chi connectivity index (χ4v) is 4.16. The molecule has 0 aliphatic carbocycles. The molecular weight excluding hydrogens is 424 g/mol. The van der Waals surface area contributed by atoms with Crippen molar-refractivity contribution in [2.75, 3.05) is 0 Å². The van der Waals surface area contributed by atoms with Crippen molar-refractivity contribution in [3.63, 3.8) is 0 Å². The normalized spacial score (nSPS) is 19.1. The molecular formula is C21H17BrN2O4. The number of cyclic esters (lactones) is 1. The molecule has 4 rings (SSSR count). The van der Waals surface area contributed by atoms with Crippen molar-refractivity contribution in [2.24, 2.45) is 5.92 Å². The van der Waals surface area contributed by atoms with Crippen LogP contribution < -0.4 is 10.9 Å². The molecule has 7 heteroatoms. The zero-order chi connectivity index (χ0) is 20.1. The number of H-pyrrole nitrogens is 1. The number of aromatic nitrogens is 1. The van der Waals surface area contributed by atoms with Crippen molar-refractivity contribution in [3.05, 3.63) is 68.9 Å². The molecule has 0 bridgehead atoms. The van der Waals surface area contributed by atoms with Gasteiger partial charge in [-0.25, -0.2) is 4.79 Å². The zero-order valence-corrected chi connectivity index (χ0v) is 16.8. The molecule has 142 valence electrons. The summed E-state index contributed by atoms with van der Waals surface area (Å²) in [6.07, 6.45) is -0.854. The molecule has 1 aromatic heterocycles. The first-order chi connectivity index (χ1) is 13.3. The highest BCUT2D eigenvalue weighted by Gasteiger charge is 2.54. The number of alkyl carbamates (subject to hydrolysis) is 1. The molecule has 1 aliphatic rings. The molecule has 2 heterocycles. The lowest BCUT2D eigenvalue weighted by Gasteiger charge is -2.28. The van der Waals surface area contributed by atoms with E-state index in [1.807, 2.05) is 42.5 Å². The number of fused-ring (bicyclic) bond motifs is 1. The first-order valence-corrected chi connectivity index (χ1v) is 9.59. The lowest BCUT2D eigenvalue weighted by molar-refractivity contribution is -0.136. The minimum Gasteiger partial charge on any atom is -0.427 e. The third-order valence-electron chi connectivity index (χ3n) is 5.05. The van der Waals surface area contributed by atoms with Gasteiger partial charge in [-0.05, 0) is 44.4 Å². The monoisotopic (exact) mass is 440 g/mol. The van der Waals surface area contributed by atoms with Crippen molar-refractivity contribution in [2.45, 2.75) is 19.4 Å². The first-order valence-electron chi connectivity index (χ1n) is 8.80. The van der Waals surface area contributed by atoms with Crippen LogP contribution in [0.5, 0.6) is 0 Å². The molecule has 1 saturated heterocycles. The van der Waals surface area contributed by atoms with Crippen molar-refractivity contribution >= 4 is 38.7 Å². The Hall–Kier alpha value is -2.93. The summed E-state index contributed by atoms with van der Waals surface area (Å²) in [5.41, 5.74) is -0.647. The number of benzene rings is 2. The number of carbonyl (C=O) groups is 2. The Kier molecular flexibility index (Phi) is 4.34. The number of halogens is 1. The summed E-state index contributed by atoms with van der Waals surface area (Å²) >= 11 is 3.50. The van der Waals surface area contributed by atoms with Gasteiger partial charge >= 0.3 is 6.09 Å². The smallest absolute Gasteiger partial charge is 0.415 e. The van der Waals surface area contributed by atoms with Gasteiger partial charge in [0.25, 0.3) is 11.5 Å². The molecule has 2 aromatic carbocycles. The predicted molar refractivity (Wildman–Crippen MR) is 109 cm³/mol. The third-order valence-corrected chi connectivity index (χ3v) is 5.68. The molecule has 1 aliphatic heterocycles. The number of rotatable bonds is 3. The van der Waals surface area contributed by atoms with E-state index in [1.54, 1.807) is 19.9 Å². The van der Waals surface area contributed by atoms with Crippen molar-refractivity contribution in [1.29, 1.82) is 0 Å². The maximum Gasteiger partial charge on any atom is 0.415 e. The lowest BCUT2D eigenvalue weighted by Crippen LogP contribution is -2.45. The summed E-state index contributed by atoms with van der Waals surface area (Å²) in [7, 11) is 0. The van der Waals surface area contributed by atoms with Gasteiger partial charge in [0, 0.05) is 10.4 Å². The molecule has 2 amide bonds. The number of imide groups is 1. The van der Waals surface area contributed by atoms with E-state index in [9.17, 15) is 14.4 Å². The second kappa shape index (κ2) is 6.60. The van der Waals surface area contributed by atoms with Crippen LogP contribution in [0.15, 0.2) is 57.8 Å². The van der Waals surface area contributed by atoms with Gasteiger partial charge in [0.05, 0.1) is 11.3 Å². The second-order valence-electron chi connectivity index (χ2n) is 7.03. The molecule has 6 nitrogen and oxygen atoms in total. The largest absolute Gasteiger partial charge is 0.427 e. The van der Waals surface area contributed by atoms with E-state index >= 15 is 0 Å². The minimum absolute atomic E-state index is 0.0854. The maximum atomic E-state index is 12.9. The number of aromatic amines is 1. The highest BCUT2D eigenvalue weighted by atomic mass is 79.9. The predicted octanol–water partition coefficient (Wildman–Crippen LogP) is 4.08. The van der Waals surface area contributed by atoms with E-state index in [2.05, 4.69) is 26.2 Å². The molecule has 28 heavy (non-hydrogen) atoms. The Morgan fingerprint density at radius 3 is 2.36 bits per heavy atom. The van der Waals surface area contributed by atoms with Gasteiger partial charge in [0.1, 0.15) is 0 Å². The second-order valence-corrected chi connectivity index (χ2v) is 7.89. The molecule has 1 atom stereocenters. The standard InChI is InChI=1S/C21H17BrN2O4/c1-11(2)21(19(26)24-20(27)28-21)15-10-16(22)17(23-18(15)25)14-8-7-12-5-3-4-6-13(12)9-14/h3-11H,1-2H3,(H,23,25)(H,24,26,27). The van der Waals surface area contributed by atoms with Gasteiger partial charge < -0.3 is 9.72 Å². The van der Waals surface area contributed by atoms with Crippen LogP contribution in [-0.2, 0) is 15.1 Å². The minimum atomic E-state index is -1.66. The van der Waals surface area contributed by atoms with Gasteiger partial charge in [-0.1, -0.05) is 50.2 Å². The average molecular weight is 441 g/mol. The van der Waals surface area contributed by atoms with E-state index in [1.165, 1.54) is 0 Å². The molecule has 1 fully saturated rings. The number of amides is 2. The summed E-state index contributed by atoms with van der Waals surface area (Å²) < 4.78 is 5.90. The van der Waals surface area contributed by atoms with E-state index < -0.39 is 29.1 Å². The van der Waals surface area contributed by atoms with Crippen LogP contribution >= 0.6 is 15.9 Å². The van der Waals surface area contributed by atoms with Crippen LogP contribution in [0.1, 0.15) is 19.4 Å². The Morgan fingerprint density at radius 2 is 1.71 bits per heavy atom. The van der Waals surface area contributed by atoms with Crippen LogP contribution in [-0.4, -0.2) is 17.0 Å². The zero-order valence-electron chi connectivity index (χ0n) is 15.2. The van der Waals surface area contributed by atoms with E-state index in [-0.39, 0.29) is 5.56 Å². The Bertz CT molecular complexity index is 1180.